The van der Waals surface area contributed by atoms with E-state index >= 15 is 0 Å². The molecule has 20 heavy (non-hydrogen) atoms. The van der Waals surface area contributed by atoms with Crippen LogP contribution in [-0.2, 0) is 0 Å². The summed E-state index contributed by atoms with van der Waals surface area (Å²) < 4.78 is 5.89. The monoisotopic (exact) mass is 287 g/mol. The van der Waals surface area contributed by atoms with Crippen LogP contribution in [0.15, 0.2) is 21.8 Å². The van der Waals surface area contributed by atoms with Gasteiger partial charge >= 0.3 is 0 Å². The van der Waals surface area contributed by atoms with Gasteiger partial charge in [-0.15, -0.1) is 11.8 Å². The van der Waals surface area contributed by atoms with Gasteiger partial charge in [-0.3, -0.25) is 0 Å². The molecule has 0 atom stereocenters. The topological polar surface area (TPSA) is 51.8 Å². The second-order valence-electron chi connectivity index (χ2n) is 5.41. The number of nitrogens with zero attached hydrogens (tertiary/aromatic N) is 3. The molecule has 0 aliphatic heterocycles. The predicted octanol–water partition coefficient (Wildman–Crippen LogP) is 4.14. The lowest BCUT2D eigenvalue weighted by Crippen LogP contribution is -1.92. The van der Waals surface area contributed by atoms with Crippen molar-refractivity contribution in [3.63, 3.8) is 0 Å². The first-order chi connectivity index (χ1) is 9.56. The third kappa shape index (κ3) is 2.26. The van der Waals surface area contributed by atoms with Gasteiger partial charge in [-0.25, -0.2) is 15.0 Å². The Morgan fingerprint density at radius 2 is 2.05 bits per heavy atom. The van der Waals surface area contributed by atoms with Gasteiger partial charge in [0.15, 0.2) is 5.58 Å². The van der Waals surface area contributed by atoms with Crippen molar-refractivity contribution in [2.45, 2.75) is 32.7 Å². The lowest BCUT2D eigenvalue weighted by atomic mass is 10.2. The minimum Gasteiger partial charge on any atom is -0.433 e. The van der Waals surface area contributed by atoms with Gasteiger partial charge < -0.3 is 4.42 Å². The summed E-state index contributed by atoms with van der Waals surface area (Å²) in [5.41, 5.74) is 4.40. The van der Waals surface area contributed by atoms with E-state index in [9.17, 15) is 0 Å². The second kappa shape index (κ2) is 5.05. The molecule has 0 radical (unpaired) electrons. The molecule has 3 aromatic heterocycles. The Balaban J connectivity index is 2.19. The van der Waals surface area contributed by atoms with Crippen molar-refractivity contribution in [1.29, 1.82) is 0 Å². The number of fused-ring (bicyclic) bond motifs is 3. The number of pyridine rings is 1. The van der Waals surface area contributed by atoms with Crippen molar-refractivity contribution >= 4 is 34.0 Å². The molecule has 3 heterocycles. The fourth-order valence-electron chi connectivity index (χ4n) is 2.02. The van der Waals surface area contributed by atoms with E-state index in [0.29, 0.717) is 11.6 Å². The van der Waals surface area contributed by atoms with Gasteiger partial charge in [0, 0.05) is 11.4 Å². The van der Waals surface area contributed by atoms with E-state index in [0.717, 1.165) is 38.5 Å². The zero-order chi connectivity index (χ0) is 14.3. The van der Waals surface area contributed by atoms with Gasteiger partial charge in [0.2, 0.25) is 5.71 Å². The Bertz CT molecular complexity index is 779. The van der Waals surface area contributed by atoms with Crippen molar-refractivity contribution in [1.82, 2.24) is 15.0 Å². The van der Waals surface area contributed by atoms with E-state index in [2.05, 4.69) is 41.8 Å². The Morgan fingerprint density at radius 1 is 1.25 bits per heavy atom. The van der Waals surface area contributed by atoms with Gasteiger partial charge in [0.25, 0.3) is 0 Å². The van der Waals surface area contributed by atoms with E-state index in [1.54, 1.807) is 18.1 Å². The standard InChI is InChI=1S/C15H17N3OS/c1-8(2)6-20-15-13-12(16-7-17-15)11-5-9(3)10(4)18-14(11)19-13/h5,7-8H,6H2,1-4H3. The first-order valence-electron chi connectivity index (χ1n) is 6.70. The molecular weight excluding hydrogens is 270 g/mol. The van der Waals surface area contributed by atoms with E-state index < -0.39 is 0 Å². The Morgan fingerprint density at radius 3 is 2.80 bits per heavy atom. The maximum Gasteiger partial charge on any atom is 0.229 e. The highest BCUT2D eigenvalue weighted by atomic mass is 32.2. The minimum absolute atomic E-state index is 0.608. The molecule has 0 unspecified atom stereocenters. The van der Waals surface area contributed by atoms with Crippen LogP contribution in [0.4, 0.5) is 0 Å². The van der Waals surface area contributed by atoms with Gasteiger partial charge in [-0.2, -0.15) is 0 Å². The Labute approximate surface area is 122 Å². The highest BCUT2D eigenvalue weighted by molar-refractivity contribution is 7.99. The summed E-state index contributed by atoms with van der Waals surface area (Å²) >= 11 is 1.71. The molecule has 0 saturated carbocycles. The van der Waals surface area contributed by atoms with Crippen molar-refractivity contribution < 1.29 is 4.42 Å². The lowest BCUT2D eigenvalue weighted by molar-refractivity contribution is 0.637. The molecular formula is C15H17N3OS. The number of thioether (sulfide) groups is 1. The van der Waals surface area contributed by atoms with E-state index in [1.807, 2.05) is 6.92 Å². The summed E-state index contributed by atoms with van der Waals surface area (Å²) in [5.74, 6) is 1.62. The molecule has 0 aromatic carbocycles. The number of furan rings is 1. The van der Waals surface area contributed by atoms with Crippen molar-refractivity contribution in [2.75, 3.05) is 5.75 Å². The number of hydrogen-bond acceptors (Lipinski definition) is 5. The smallest absolute Gasteiger partial charge is 0.229 e. The van der Waals surface area contributed by atoms with Crippen LogP contribution in [0.25, 0.3) is 22.2 Å². The van der Waals surface area contributed by atoms with Crippen LogP contribution >= 0.6 is 11.8 Å². The molecule has 0 bridgehead atoms. The number of hydrogen-bond donors (Lipinski definition) is 0. The van der Waals surface area contributed by atoms with Crippen LogP contribution in [0.5, 0.6) is 0 Å². The summed E-state index contributed by atoms with van der Waals surface area (Å²) in [6, 6.07) is 2.09. The van der Waals surface area contributed by atoms with Crippen LogP contribution in [0, 0.1) is 19.8 Å². The molecule has 4 nitrogen and oxygen atoms in total. The van der Waals surface area contributed by atoms with Crippen LogP contribution in [0.2, 0.25) is 0 Å². The molecule has 0 aliphatic carbocycles. The van der Waals surface area contributed by atoms with E-state index in [1.165, 1.54) is 0 Å². The van der Waals surface area contributed by atoms with Crippen LogP contribution in [0.3, 0.4) is 0 Å². The van der Waals surface area contributed by atoms with Crippen LogP contribution in [-0.4, -0.2) is 20.7 Å². The molecule has 0 aliphatic rings. The molecule has 0 N–H and O–H groups in total. The van der Waals surface area contributed by atoms with Crippen molar-refractivity contribution in [3.05, 3.63) is 23.7 Å². The number of aryl methyl sites for hydroxylation is 2. The highest BCUT2D eigenvalue weighted by Crippen LogP contribution is 2.33. The SMILES string of the molecule is Cc1cc2c(nc1C)oc1c(SCC(C)C)ncnc12. The normalized spacial score (nSPS) is 11.8. The third-order valence-corrected chi connectivity index (χ3v) is 4.61. The van der Waals surface area contributed by atoms with E-state index in [-0.39, 0.29) is 0 Å². The van der Waals surface area contributed by atoms with Gasteiger partial charge in [0.1, 0.15) is 16.9 Å². The van der Waals surface area contributed by atoms with Gasteiger partial charge in [0.05, 0.1) is 5.39 Å². The molecule has 5 heteroatoms. The second-order valence-corrected chi connectivity index (χ2v) is 6.42. The number of rotatable bonds is 3. The molecule has 3 aromatic rings. The molecule has 0 amide bonds. The summed E-state index contributed by atoms with van der Waals surface area (Å²) in [7, 11) is 0. The first-order valence-corrected chi connectivity index (χ1v) is 7.69. The fraction of sp³-hybridized carbons (Fsp3) is 0.400. The fourth-order valence-corrected chi connectivity index (χ4v) is 2.90. The average Bonchev–Trinajstić information content (AvgIpc) is 2.75. The Hall–Kier alpha value is -1.62. The predicted molar refractivity (Wildman–Crippen MR) is 82.1 cm³/mol. The third-order valence-electron chi connectivity index (χ3n) is 3.21. The average molecular weight is 287 g/mol. The highest BCUT2D eigenvalue weighted by Gasteiger charge is 2.15. The largest absolute Gasteiger partial charge is 0.433 e. The molecule has 3 rings (SSSR count). The van der Waals surface area contributed by atoms with E-state index in [4.69, 9.17) is 4.42 Å². The van der Waals surface area contributed by atoms with Gasteiger partial charge in [-0.1, -0.05) is 13.8 Å². The Kier molecular flexibility index (Phi) is 3.38. The number of aromatic nitrogens is 3. The lowest BCUT2D eigenvalue weighted by Gasteiger charge is -2.03. The van der Waals surface area contributed by atoms with Crippen LogP contribution < -0.4 is 0 Å². The molecule has 104 valence electrons. The van der Waals surface area contributed by atoms with Crippen molar-refractivity contribution in [3.8, 4) is 0 Å². The summed E-state index contributed by atoms with van der Waals surface area (Å²) in [6.07, 6.45) is 1.61. The summed E-state index contributed by atoms with van der Waals surface area (Å²) in [6.45, 7) is 8.43. The maximum atomic E-state index is 5.89. The van der Waals surface area contributed by atoms with Crippen molar-refractivity contribution in [2.24, 2.45) is 5.92 Å². The zero-order valence-electron chi connectivity index (χ0n) is 12.1. The molecule has 0 fully saturated rings. The van der Waals surface area contributed by atoms with Crippen LogP contribution in [0.1, 0.15) is 25.1 Å². The zero-order valence-corrected chi connectivity index (χ0v) is 12.9. The molecule has 0 spiro atoms. The summed E-state index contributed by atoms with van der Waals surface area (Å²) in [4.78, 5) is 13.2. The summed E-state index contributed by atoms with van der Waals surface area (Å²) in [5, 5.41) is 1.87. The maximum absolute atomic E-state index is 5.89. The quantitative estimate of drug-likeness (QED) is 0.535. The molecule has 0 saturated heterocycles. The van der Waals surface area contributed by atoms with Gasteiger partial charge in [-0.05, 0) is 31.4 Å². The minimum atomic E-state index is 0.608. The first kappa shape index (κ1) is 13.4.